The maximum absolute atomic E-state index is 12.8. The summed E-state index contributed by atoms with van der Waals surface area (Å²) in [5.74, 6) is 0.868. The van der Waals surface area contributed by atoms with Crippen molar-refractivity contribution in [1.29, 1.82) is 0 Å². The fourth-order valence-electron chi connectivity index (χ4n) is 2.85. The molecule has 0 aliphatic carbocycles. The first-order valence-corrected chi connectivity index (χ1v) is 8.93. The van der Waals surface area contributed by atoms with Crippen LogP contribution in [-0.4, -0.2) is 58.8 Å². The molecule has 0 spiro atoms. The third-order valence-corrected chi connectivity index (χ3v) is 4.60. The predicted molar refractivity (Wildman–Crippen MR) is 98.1 cm³/mol. The van der Waals surface area contributed by atoms with Crippen LogP contribution in [0.25, 0.3) is 0 Å². The standard InChI is InChI=1S/C19H24N4O3/c1-3-14(2)21-17-13-15(6-7-20-17)18(24)22-8-10-23(11-9-22)19(25)16-5-4-12-26-16/h4-7,12-14H,3,8-11H2,1-2H3,(H,20,21). The number of carbonyl (C=O) groups excluding carboxylic acids is 2. The topological polar surface area (TPSA) is 78.7 Å². The van der Waals surface area contributed by atoms with Crippen LogP contribution in [0.3, 0.4) is 0 Å². The van der Waals surface area contributed by atoms with E-state index < -0.39 is 0 Å². The Morgan fingerprint density at radius 2 is 1.88 bits per heavy atom. The lowest BCUT2D eigenvalue weighted by Crippen LogP contribution is -2.50. The van der Waals surface area contributed by atoms with Crippen LogP contribution in [0.4, 0.5) is 5.82 Å². The summed E-state index contributed by atoms with van der Waals surface area (Å²) in [6, 6.07) is 7.16. The van der Waals surface area contributed by atoms with Crippen LogP contribution < -0.4 is 5.32 Å². The van der Waals surface area contributed by atoms with Crippen molar-refractivity contribution in [2.45, 2.75) is 26.3 Å². The van der Waals surface area contributed by atoms with Crippen molar-refractivity contribution in [3.8, 4) is 0 Å². The summed E-state index contributed by atoms with van der Waals surface area (Å²) in [5, 5.41) is 3.28. The second-order valence-corrected chi connectivity index (χ2v) is 6.45. The van der Waals surface area contributed by atoms with Crippen LogP contribution in [-0.2, 0) is 0 Å². The zero-order valence-corrected chi connectivity index (χ0v) is 15.1. The Morgan fingerprint density at radius 1 is 1.19 bits per heavy atom. The normalized spacial score (nSPS) is 15.6. The van der Waals surface area contributed by atoms with E-state index in [4.69, 9.17) is 4.42 Å². The first-order chi connectivity index (χ1) is 12.6. The fraction of sp³-hybridized carbons (Fsp3) is 0.421. The average Bonchev–Trinajstić information content (AvgIpc) is 3.22. The average molecular weight is 356 g/mol. The molecule has 138 valence electrons. The molecule has 3 rings (SSSR count). The molecule has 2 aromatic rings. The van der Waals surface area contributed by atoms with Crippen molar-refractivity contribution in [2.24, 2.45) is 0 Å². The summed E-state index contributed by atoms with van der Waals surface area (Å²) >= 11 is 0. The van der Waals surface area contributed by atoms with Crippen molar-refractivity contribution in [1.82, 2.24) is 14.8 Å². The first-order valence-electron chi connectivity index (χ1n) is 8.93. The number of nitrogens with one attached hydrogen (secondary N) is 1. The minimum absolute atomic E-state index is 0.0373. The molecule has 2 amide bonds. The van der Waals surface area contributed by atoms with Gasteiger partial charge in [-0.1, -0.05) is 6.92 Å². The molecule has 1 atom stereocenters. The third kappa shape index (κ3) is 4.04. The molecule has 7 heteroatoms. The lowest BCUT2D eigenvalue weighted by molar-refractivity contribution is 0.0518. The molecule has 0 bridgehead atoms. The van der Waals surface area contributed by atoms with Gasteiger partial charge in [-0.2, -0.15) is 0 Å². The number of pyridine rings is 1. The van der Waals surface area contributed by atoms with Crippen LogP contribution in [0.5, 0.6) is 0 Å². The SMILES string of the molecule is CCC(C)Nc1cc(C(=O)N2CCN(C(=O)c3ccco3)CC2)ccn1. The Bertz CT molecular complexity index is 752. The highest BCUT2D eigenvalue weighted by Crippen LogP contribution is 2.14. The van der Waals surface area contributed by atoms with E-state index in [9.17, 15) is 9.59 Å². The molecule has 3 heterocycles. The zero-order valence-electron chi connectivity index (χ0n) is 15.1. The van der Waals surface area contributed by atoms with Crippen LogP contribution in [0, 0.1) is 0 Å². The monoisotopic (exact) mass is 356 g/mol. The number of aromatic nitrogens is 1. The number of rotatable bonds is 5. The molecular weight excluding hydrogens is 332 g/mol. The number of nitrogens with zero attached hydrogens (tertiary/aromatic N) is 3. The molecule has 0 aromatic carbocycles. The minimum Gasteiger partial charge on any atom is -0.459 e. The fourth-order valence-corrected chi connectivity index (χ4v) is 2.85. The Labute approximate surface area is 153 Å². The smallest absolute Gasteiger partial charge is 0.289 e. The molecule has 1 aliphatic rings. The van der Waals surface area contributed by atoms with E-state index in [1.807, 2.05) is 0 Å². The van der Waals surface area contributed by atoms with Crippen molar-refractivity contribution < 1.29 is 14.0 Å². The van der Waals surface area contributed by atoms with E-state index in [0.29, 0.717) is 49.4 Å². The Morgan fingerprint density at radius 3 is 2.50 bits per heavy atom. The molecule has 7 nitrogen and oxygen atoms in total. The number of furan rings is 1. The van der Waals surface area contributed by atoms with Gasteiger partial charge < -0.3 is 19.5 Å². The summed E-state index contributed by atoms with van der Waals surface area (Å²) in [7, 11) is 0. The Kier molecular flexibility index (Phi) is 5.55. The van der Waals surface area contributed by atoms with E-state index in [0.717, 1.165) is 6.42 Å². The van der Waals surface area contributed by atoms with Crippen molar-refractivity contribution in [2.75, 3.05) is 31.5 Å². The molecule has 0 radical (unpaired) electrons. The van der Waals surface area contributed by atoms with Crippen LogP contribution in [0.15, 0.2) is 41.1 Å². The molecule has 1 aliphatic heterocycles. The molecule has 26 heavy (non-hydrogen) atoms. The number of anilines is 1. The Hall–Kier alpha value is -2.83. The zero-order chi connectivity index (χ0) is 18.5. The van der Waals surface area contributed by atoms with E-state index >= 15 is 0 Å². The van der Waals surface area contributed by atoms with Gasteiger partial charge in [-0.15, -0.1) is 0 Å². The Balaban J connectivity index is 1.60. The first kappa shape index (κ1) is 18.0. The molecule has 1 saturated heterocycles. The summed E-state index contributed by atoms with van der Waals surface area (Å²) in [6.45, 7) is 6.16. The summed E-state index contributed by atoms with van der Waals surface area (Å²) in [6.07, 6.45) is 4.11. The quantitative estimate of drug-likeness (QED) is 0.890. The number of hydrogen-bond donors (Lipinski definition) is 1. The summed E-state index contributed by atoms with van der Waals surface area (Å²) in [5.41, 5.74) is 0.608. The van der Waals surface area contributed by atoms with Gasteiger partial charge >= 0.3 is 0 Å². The van der Waals surface area contributed by atoms with Gasteiger partial charge in [0.15, 0.2) is 5.76 Å². The number of carbonyl (C=O) groups is 2. The molecule has 1 unspecified atom stereocenters. The van der Waals surface area contributed by atoms with Gasteiger partial charge in [0.25, 0.3) is 11.8 Å². The largest absolute Gasteiger partial charge is 0.459 e. The second kappa shape index (κ2) is 8.03. The van der Waals surface area contributed by atoms with E-state index in [-0.39, 0.29) is 11.8 Å². The summed E-state index contributed by atoms with van der Waals surface area (Å²) < 4.78 is 5.16. The lowest BCUT2D eigenvalue weighted by Gasteiger charge is -2.34. The third-order valence-electron chi connectivity index (χ3n) is 4.60. The van der Waals surface area contributed by atoms with Gasteiger partial charge in [0.2, 0.25) is 0 Å². The van der Waals surface area contributed by atoms with E-state index in [1.54, 1.807) is 40.3 Å². The molecule has 2 aromatic heterocycles. The van der Waals surface area contributed by atoms with Gasteiger partial charge in [0, 0.05) is 44.0 Å². The maximum atomic E-state index is 12.8. The van der Waals surface area contributed by atoms with Gasteiger partial charge in [-0.3, -0.25) is 9.59 Å². The van der Waals surface area contributed by atoms with Gasteiger partial charge in [0.05, 0.1) is 6.26 Å². The molecule has 1 fully saturated rings. The minimum atomic E-state index is -0.133. The molecular formula is C19H24N4O3. The van der Waals surface area contributed by atoms with Crippen molar-refractivity contribution in [3.63, 3.8) is 0 Å². The van der Waals surface area contributed by atoms with E-state index in [2.05, 4.69) is 24.1 Å². The highest BCUT2D eigenvalue weighted by atomic mass is 16.3. The van der Waals surface area contributed by atoms with Gasteiger partial charge in [-0.25, -0.2) is 4.98 Å². The maximum Gasteiger partial charge on any atom is 0.289 e. The summed E-state index contributed by atoms with van der Waals surface area (Å²) in [4.78, 5) is 32.8. The van der Waals surface area contributed by atoms with E-state index in [1.165, 1.54) is 6.26 Å². The lowest BCUT2D eigenvalue weighted by atomic mass is 10.2. The van der Waals surface area contributed by atoms with Crippen LogP contribution >= 0.6 is 0 Å². The highest BCUT2D eigenvalue weighted by Gasteiger charge is 2.26. The van der Waals surface area contributed by atoms with Crippen molar-refractivity contribution in [3.05, 3.63) is 48.0 Å². The number of hydrogen-bond acceptors (Lipinski definition) is 5. The van der Waals surface area contributed by atoms with Crippen LogP contribution in [0.2, 0.25) is 0 Å². The van der Waals surface area contributed by atoms with Crippen molar-refractivity contribution >= 4 is 17.6 Å². The second-order valence-electron chi connectivity index (χ2n) is 6.45. The number of piperazine rings is 1. The number of amides is 2. The van der Waals surface area contributed by atoms with Crippen LogP contribution in [0.1, 0.15) is 41.2 Å². The molecule has 0 saturated carbocycles. The van der Waals surface area contributed by atoms with Gasteiger partial charge in [-0.05, 0) is 37.6 Å². The highest BCUT2D eigenvalue weighted by molar-refractivity contribution is 5.95. The molecule has 1 N–H and O–H groups in total. The predicted octanol–water partition coefficient (Wildman–Crippen LogP) is 2.48. The van der Waals surface area contributed by atoms with Gasteiger partial charge in [0.1, 0.15) is 5.82 Å².